The van der Waals surface area contributed by atoms with E-state index in [0.717, 1.165) is 0 Å². The lowest BCUT2D eigenvalue weighted by molar-refractivity contribution is -0.161. The molecule has 2 rings (SSSR count). The van der Waals surface area contributed by atoms with Gasteiger partial charge in [-0.2, -0.15) is 4.90 Å². The quantitative estimate of drug-likeness (QED) is 0.500. The topological polar surface area (TPSA) is 112 Å². The van der Waals surface area contributed by atoms with Crippen LogP contribution in [0.4, 0.5) is 9.59 Å². The predicted octanol–water partition coefficient (Wildman–Crippen LogP) is 4.45. The summed E-state index contributed by atoms with van der Waals surface area (Å²) in [6, 6.07) is 7.62. The number of imide groups is 1. The number of hydrogen-bond acceptors (Lipinski definition) is 8. The number of aliphatic hydroxyl groups excluding tert-OH is 1. The Balaban J connectivity index is 2.32. The van der Waals surface area contributed by atoms with E-state index in [1.165, 1.54) is 0 Å². The van der Waals surface area contributed by atoms with Crippen molar-refractivity contribution in [2.45, 2.75) is 103 Å². The van der Waals surface area contributed by atoms with Crippen LogP contribution in [-0.4, -0.2) is 63.7 Å². The molecule has 4 atom stereocenters. The van der Waals surface area contributed by atoms with Crippen molar-refractivity contribution in [1.82, 2.24) is 4.90 Å². The minimum absolute atomic E-state index is 0.0686. The number of amides is 2. The molecule has 1 aliphatic heterocycles. The van der Waals surface area contributed by atoms with Gasteiger partial charge in [-0.25, -0.2) is 14.4 Å². The highest BCUT2D eigenvalue weighted by atomic mass is 16.6. The number of carbonyl (C=O) groups is 3. The largest absolute Gasteiger partial charge is 0.484 e. The lowest BCUT2D eigenvalue weighted by Gasteiger charge is -2.33. The highest BCUT2D eigenvalue weighted by molar-refractivity contribution is 5.94. The van der Waals surface area contributed by atoms with Crippen LogP contribution in [0.25, 0.3) is 0 Å². The van der Waals surface area contributed by atoms with Gasteiger partial charge in [-0.1, -0.05) is 18.2 Å². The first-order valence-corrected chi connectivity index (χ1v) is 11.5. The third-order valence-corrected chi connectivity index (χ3v) is 4.90. The van der Waals surface area contributed by atoms with E-state index in [1.54, 1.807) is 72.7 Å². The van der Waals surface area contributed by atoms with Gasteiger partial charge < -0.3 is 24.1 Å². The maximum atomic E-state index is 13.2. The highest BCUT2D eigenvalue weighted by Gasteiger charge is 2.43. The van der Waals surface area contributed by atoms with E-state index < -0.39 is 53.7 Å². The molecule has 1 heterocycles. The fourth-order valence-corrected chi connectivity index (χ4v) is 3.46. The van der Waals surface area contributed by atoms with Crippen LogP contribution in [0.1, 0.15) is 67.7 Å². The predicted molar refractivity (Wildman–Crippen MR) is 124 cm³/mol. The van der Waals surface area contributed by atoms with E-state index in [0.29, 0.717) is 17.1 Å². The molecular formula is C25H37NO8. The Bertz CT molecular complexity index is 815. The van der Waals surface area contributed by atoms with Crippen molar-refractivity contribution in [3.05, 3.63) is 30.3 Å². The third-order valence-electron chi connectivity index (χ3n) is 4.90. The zero-order chi connectivity index (χ0) is 25.7. The lowest BCUT2D eigenvalue weighted by Crippen LogP contribution is -2.53. The molecule has 190 valence electrons. The van der Waals surface area contributed by atoms with E-state index in [9.17, 15) is 19.5 Å². The Morgan fingerprint density at radius 1 is 0.971 bits per heavy atom. The summed E-state index contributed by atoms with van der Waals surface area (Å²) in [5.41, 5.74) is -1.81. The minimum Gasteiger partial charge on any atom is -0.484 e. The maximum absolute atomic E-state index is 13.2. The van der Waals surface area contributed by atoms with Crippen molar-refractivity contribution in [2.24, 2.45) is 0 Å². The number of carbonyl (C=O) groups excluding carboxylic acids is 3. The number of hydrogen-bond donors (Lipinski definition) is 1. The molecule has 0 saturated carbocycles. The van der Waals surface area contributed by atoms with E-state index in [1.807, 2.05) is 6.07 Å². The molecule has 0 bridgehead atoms. The van der Waals surface area contributed by atoms with Crippen LogP contribution in [-0.2, 0) is 19.0 Å². The number of esters is 1. The molecule has 0 aliphatic carbocycles. The number of nitrogens with zero attached hydrogens (tertiary/aromatic N) is 1. The molecule has 0 spiro atoms. The first kappa shape index (κ1) is 27.4. The van der Waals surface area contributed by atoms with Crippen LogP contribution in [0.2, 0.25) is 0 Å². The van der Waals surface area contributed by atoms with Crippen LogP contribution in [0.15, 0.2) is 30.3 Å². The van der Waals surface area contributed by atoms with E-state index in [-0.39, 0.29) is 12.8 Å². The Kier molecular flexibility index (Phi) is 8.94. The normalized spacial score (nSPS) is 24.1. The van der Waals surface area contributed by atoms with Crippen molar-refractivity contribution in [3.8, 4) is 5.75 Å². The summed E-state index contributed by atoms with van der Waals surface area (Å²) in [5.74, 6) is -0.283. The van der Waals surface area contributed by atoms with Gasteiger partial charge in [0.15, 0.2) is 6.10 Å². The minimum atomic E-state index is -1.28. The zero-order valence-electron chi connectivity index (χ0n) is 21.1. The van der Waals surface area contributed by atoms with Gasteiger partial charge in [-0.05, 0) is 79.9 Å². The Morgan fingerprint density at radius 2 is 1.50 bits per heavy atom. The van der Waals surface area contributed by atoms with Crippen LogP contribution in [0.3, 0.4) is 0 Å². The number of rotatable bonds is 3. The monoisotopic (exact) mass is 479 g/mol. The summed E-state index contributed by atoms with van der Waals surface area (Å²) < 4.78 is 22.3. The average molecular weight is 480 g/mol. The molecule has 0 aromatic heterocycles. The van der Waals surface area contributed by atoms with Gasteiger partial charge in [-0.15, -0.1) is 0 Å². The molecule has 1 N–H and O–H groups in total. The summed E-state index contributed by atoms with van der Waals surface area (Å²) in [4.78, 5) is 39.9. The van der Waals surface area contributed by atoms with Gasteiger partial charge in [0.2, 0.25) is 0 Å². The maximum Gasteiger partial charge on any atom is 0.420 e. The number of para-hydroxylation sites is 1. The average Bonchev–Trinajstić information content (AvgIpc) is 2.72. The van der Waals surface area contributed by atoms with Crippen LogP contribution in [0, 0.1) is 0 Å². The van der Waals surface area contributed by atoms with Crippen molar-refractivity contribution in [3.63, 3.8) is 0 Å². The molecular weight excluding hydrogens is 442 g/mol. The molecule has 9 nitrogen and oxygen atoms in total. The zero-order valence-corrected chi connectivity index (χ0v) is 21.1. The summed E-state index contributed by atoms with van der Waals surface area (Å²) in [5, 5.41) is 10.8. The molecule has 1 aromatic carbocycles. The first-order valence-electron chi connectivity index (χ1n) is 11.5. The molecule has 1 saturated heterocycles. The van der Waals surface area contributed by atoms with Gasteiger partial charge in [0, 0.05) is 0 Å². The third kappa shape index (κ3) is 8.20. The van der Waals surface area contributed by atoms with Crippen molar-refractivity contribution in [2.75, 3.05) is 0 Å². The Hall–Kier alpha value is -2.81. The molecule has 1 aliphatic rings. The molecule has 1 fully saturated rings. The van der Waals surface area contributed by atoms with Gasteiger partial charge >= 0.3 is 18.2 Å². The molecule has 0 radical (unpaired) electrons. The van der Waals surface area contributed by atoms with Gasteiger partial charge in [0.25, 0.3) is 0 Å². The van der Waals surface area contributed by atoms with Crippen molar-refractivity contribution < 1.29 is 38.4 Å². The Labute approximate surface area is 201 Å². The van der Waals surface area contributed by atoms with Crippen LogP contribution >= 0.6 is 0 Å². The van der Waals surface area contributed by atoms with Crippen LogP contribution < -0.4 is 4.74 Å². The van der Waals surface area contributed by atoms with Crippen molar-refractivity contribution in [1.29, 1.82) is 0 Å². The molecule has 4 unspecified atom stereocenters. The number of ether oxygens (including phenoxy) is 4. The summed E-state index contributed by atoms with van der Waals surface area (Å²) in [6.45, 7) is 11.5. The summed E-state index contributed by atoms with van der Waals surface area (Å²) in [7, 11) is 0. The molecule has 34 heavy (non-hydrogen) atoms. The first-order chi connectivity index (χ1) is 15.7. The van der Waals surface area contributed by atoms with Gasteiger partial charge in [-0.3, -0.25) is 0 Å². The lowest BCUT2D eigenvalue weighted by atomic mass is 10.0. The van der Waals surface area contributed by atoms with Crippen LogP contribution in [0.5, 0.6) is 5.75 Å². The number of aliphatic hydroxyl groups is 1. The smallest absolute Gasteiger partial charge is 0.420 e. The van der Waals surface area contributed by atoms with E-state index in [4.69, 9.17) is 18.9 Å². The van der Waals surface area contributed by atoms with Crippen molar-refractivity contribution >= 4 is 18.2 Å². The molecule has 2 amide bonds. The molecule has 9 heteroatoms. The van der Waals surface area contributed by atoms with Gasteiger partial charge in [0.1, 0.15) is 29.1 Å². The second-order valence-electron chi connectivity index (χ2n) is 10.4. The summed E-state index contributed by atoms with van der Waals surface area (Å²) >= 11 is 0. The van der Waals surface area contributed by atoms with Gasteiger partial charge in [0.05, 0.1) is 6.10 Å². The second kappa shape index (κ2) is 11.1. The van der Waals surface area contributed by atoms with E-state index in [2.05, 4.69) is 0 Å². The second-order valence-corrected chi connectivity index (χ2v) is 10.4. The fraction of sp³-hybridized carbons (Fsp3) is 0.640. The molecule has 1 aromatic rings. The standard InChI is InChI=1S/C25H37NO8/c1-16-20(32-17-12-9-8-10-13-17)19(27)15-11-14-18(21(28)31-16)26(22(29)33-24(2,3)4)23(30)34-25(5,6)7/h8-10,12-13,16,18-20,27H,11,14-15H2,1-7H3. The van der Waals surface area contributed by atoms with E-state index >= 15 is 0 Å². The number of cyclic esters (lactones) is 1. The number of benzene rings is 1. The fourth-order valence-electron chi connectivity index (χ4n) is 3.46. The summed E-state index contributed by atoms with van der Waals surface area (Å²) in [6.07, 6.45) is -3.97. The SMILES string of the molecule is CC1OC(=O)C(N(C(=O)OC(C)(C)C)C(=O)OC(C)(C)C)CCCC(O)C1Oc1ccccc1. The Morgan fingerprint density at radius 3 is 2.00 bits per heavy atom. The highest BCUT2D eigenvalue weighted by Crippen LogP contribution is 2.26.